The SMILES string of the molecule is CCN(C(=O)N(CC)C(C)(C)C(=O)O)c1cccc(C)c1. The molecule has 116 valence electrons. The van der Waals surface area contributed by atoms with E-state index < -0.39 is 11.5 Å². The summed E-state index contributed by atoms with van der Waals surface area (Å²) in [4.78, 5) is 27.1. The van der Waals surface area contributed by atoms with Crippen molar-refractivity contribution in [2.24, 2.45) is 0 Å². The van der Waals surface area contributed by atoms with E-state index in [1.165, 1.54) is 4.90 Å². The molecule has 5 nitrogen and oxygen atoms in total. The van der Waals surface area contributed by atoms with Crippen molar-refractivity contribution in [1.29, 1.82) is 0 Å². The van der Waals surface area contributed by atoms with Crippen LogP contribution in [0, 0.1) is 6.92 Å². The zero-order valence-corrected chi connectivity index (χ0v) is 13.4. The summed E-state index contributed by atoms with van der Waals surface area (Å²) in [6.45, 7) is 9.52. The Kier molecular flexibility index (Phi) is 5.35. The van der Waals surface area contributed by atoms with E-state index in [-0.39, 0.29) is 6.03 Å². The summed E-state index contributed by atoms with van der Waals surface area (Å²) in [6, 6.07) is 7.33. The normalized spacial score (nSPS) is 11.1. The van der Waals surface area contributed by atoms with Crippen LogP contribution < -0.4 is 4.90 Å². The topological polar surface area (TPSA) is 60.9 Å². The maximum Gasteiger partial charge on any atom is 0.329 e. The highest BCUT2D eigenvalue weighted by Crippen LogP contribution is 2.22. The van der Waals surface area contributed by atoms with Gasteiger partial charge in [-0.2, -0.15) is 0 Å². The monoisotopic (exact) mass is 292 g/mol. The Balaban J connectivity index is 3.15. The summed E-state index contributed by atoms with van der Waals surface area (Å²) in [5, 5.41) is 9.35. The third-order valence-electron chi connectivity index (χ3n) is 3.61. The van der Waals surface area contributed by atoms with E-state index in [2.05, 4.69) is 0 Å². The number of carboxylic acids is 1. The predicted octanol–water partition coefficient (Wildman–Crippen LogP) is 3.13. The fraction of sp³-hybridized carbons (Fsp3) is 0.500. The molecule has 1 rings (SSSR count). The van der Waals surface area contributed by atoms with Crippen molar-refractivity contribution < 1.29 is 14.7 Å². The van der Waals surface area contributed by atoms with E-state index in [1.54, 1.807) is 25.7 Å². The van der Waals surface area contributed by atoms with Crippen LogP contribution in [0.2, 0.25) is 0 Å². The molecule has 0 aliphatic heterocycles. The van der Waals surface area contributed by atoms with E-state index in [1.807, 2.05) is 38.1 Å². The van der Waals surface area contributed by atoms with Gasteiger partial charge < -0.3 is 10.0 Å². The Morgan fingerprint density at radius 3 is 2.24 bits per heavy atom. The first-order chi connectivity index (χ1) is 9.75. The number of likely N-dealkylation sites (N-methyl/N-ethyl adjacent to an activating group) is 1. The van der Waals surface area contributed by atoms with Crippen LogP contribution in [0.3, 0.4) is 0 Å². The number of carbonyl (C=O) groups is 2. The quantitative estimate of drug-likeness (QED) is 0.907. The van der Waals surface area contributed by atoms with E-state index in [0.29, 0.717) is 13.1 Å². The second kappa shape index (κ2) is 6.61. The van der Waals surface area contributed by atoms with Crippen molar-refractivity contribution in [3.05, 3.63) is 29.8 Å². The minimum atomic E-state index is -1.25. The first kappa shape index (κ1) is 17.0. The van der Waals surface area contributed by atoms with E-state index in [0.717, 1.165) is 11.3 Å². The van der Waals surface area contributed by atoms with E-state index in [4.69, 9.17) is 0 Å². The molecule has 1 aromatic carbocycles. The fourth-order valence-corrected chi connectivity index (χ4v) is 2.25. The number of aryl methyl sites for hydroxylation is 1. The number of carbonyl (C=O) groups excluding carboxylic acids is 1. The molecule has 0 spiro atoms. The number of amides is 2. The Hall–Kier alpha value is -2.04. The van der Waals surface area contributed by atoms with Gasteiger partial charge in [-0.05, 0) is 52.3 Å². The van der Waals surface area contributed by atoms with Gasteiger partial charge >= 0.3 is 12.0 Å². The smallest absolute Gasteiger partial charge is 0.329 e. The zero-order valence-electron chi connectivity index (χ0n) is 13.4. The Morgan fingerprint density at radius 1 is 1.19 bits per heavy atom. The number of hydrogen-bond acceptors (Lipinski definition) is 2. The van der Waals surface area contributed by atoms with Crippen LogP contribution in [0.5, 0.6) is 0 Å². The van der Waals surface area contributed by atoms with Gasteiger partial charge in [-0.25, -0.2) is 9.59 Å². The molecule has 21 heavy (non-hydrogen) atoms. The highest BCUT2D eigenvalue weighted by molar-refractivity contribution is 5.95. The molecule has 0 aliphatic carbocycles. The number of hydrogen-bond donors (Lipinski definition) is 1. The molecule has 1 N–H and O–H groups in total. The lowest BCUT2D eigenvalue weighted by atomic mass is 10.0. The third-order valence-corrected chi connectivity index (χ3v) is 3.61. The van der Waals surface area contributed by atoms with Gasteiger partial charge in [0, 0.05) is 18.8 Å². The largest absolute Gasteiger partial charge is 0.480 e. The number of urea groups is 1. The first-order valence-corrected chi connectivity index (χ1v) is 7.14. The highest BCUT2D eigenvalue weighted by Gasteiger charge is 2.38. The number of aliphatic carboxylic acids is 1. The van der Waals surface area contributed by atoms with E-state index >= 15 is 0 Å². The number of nitrogens with zero attached hydrogens (tertiary/aromatic N) is 2. The Morgan fingerprint density at radius 2 is 1.81 bits per heavy atom. The van der Waals surface area contributed by atoms with Crippen molar-refractivity contribution >= 4 is 17.7 Å². The van der Waals surface area contributed by atoms with Crippen LogP contribution in [-0.2, 0) is 4.79 Å². The average molecular weight is 292 g/mol. The van der Waals surface area contributed by atoms with Crippen LogP contribution in [0.25, 0.3) is 0 Å². The molecule has 0 bridgehead atoms. The van der Waals surface area contributed by atoms with Gasteiger partial charge in [-0.3, -0.25) is 4.90 Å². The van der Waals surface area contributed by atoms with Crippen LogP contribution >= 0.6 is 0 Å². The van der Waals surface area contributed by atoms with Gasteiger partial charge in [0.05, 0.1) is 0 Å². The lowest BCUT2D eigenvalue weighted by Gasteiger charge is -2.37. The number of carboxylic acid groups (broad SMARTS) is 1. The summed E-state index contributed by atoms with van der Waals surface area (Å²) in [6.07, 6.45) is 0. The van der Waals surface area contributed by atoms with Gasteiger partial charge in [0.25, 0.3) is 0 Å². The molecule has 0 saturated carbocycles. The molecule has 1 aromatic rings. The van der Waals surface area contributed by atoms with Crippen molar-refractivity contribution in [3.8, 4) is 0 Å². The van der Waals surface area contributed by atoms with Crippen LogP contribution in [-0.4, -0.2) is 40.6 Å². The lowest BCUT2D eigenvalue weighted by molar-refractivity contribution is -0.147. The predicted molar refractivity (Wildman–Crippen MR) is 83.7 cm³/mol. The molecule has 0 fully saturated rings. The molecule has 0 heterocycles. The van der Waals surface area contributed by atoms with Gasteiger partial charge in [-0.1, -0.05) is 12.1 Å². The maximum absolute atomic E-state index is 12.8. The summed E-state index contributed by atoms with van der Waals surface area (Å²) >= 11 is 0. The first-order valence-electron chi connectivity index (χ1n) is 7.14. The molecular weight excluding hydrogens is 268 g/mol. The van der Waals surface area contributed by atoms with Crippen LogP contribution in [0.1, 0.15) is 33.3 Å². The molecule has 0 saturated heterocycles. The number of anilines is 1. The number of rotatable bonds is 5. The second-order valence-corrected chi connectivity index (χ2v) is 5.47. The molecule has 0 unspecified atom stereocenters. The summed E-state index contributed by atoms with van der Waals surface area (Å²) in [7, 11) is 0. The average Bonchev–Trinajstić information content (AvgIpc) is 2.40. The van der Waals surface area contributed by atoms with Crippen molar-refractivity contribution in [2.45, 2.75) is 40.2 Å². The molecule has 0 atom stereocenters. The van der Waals surface area contributed by atoms with Gasteiger partial charge in [0.1, 0.15) is 5.54 Å². The van der Waals surface area contributed by atoms with Crippen molar-refractivity contribution in [1.82, 2.24) is 4.90 Å². The third kappa shape index (κ3) is 3.54. The Bertz CT molecular complexity index is 526. The van der Waals surface area contributed by atoms with Gasteiger partial charge in [0.2, 0.25) is 0 Å². The highest BCUT2D eigenvalue weighted by atomic mass is 16.4. The van der Waals surface area contributed by atoms with Crippen LogP contribution in [0.15, 0.2) is 24.3 Å². The van der Waals surface area contributed by atoms with Crippen molar-refractivity contribution in [2.75, 3.05) is 18.0 Å². The minimum absolute atomic E-state index is 0.294. The molecular formula is C16H24N2O3. The van der Waals surface area contributed by atoms with E-state index in [9.17, 15) is 14.7 Å². The summed E-state index contributed by atoms with van der Waals surface area (Å²) < 4.78 is 0. The maximum atomic E-state index is 12.8. The molecule has 0 aromatic heterocycles. The van der Waals surface area contributed by atoms with Crippen molar-refractivity contribution in [3.63, 3.8) is 0 Å². The van der Waals surface area contributed by atoms with Gasteiger partial charge in [-0.15, -0.1) is 0 Å². The fourth-order valence-electron chi connectivity index (χ4n) is 2.25. The van der Waals surface area contributed by atoms with Crippen LogP contribution in [0.4, 0.5) is 10.5 Å². The standard InChI is InChI=1S/C16H24N2O3/c1-6-17(13-10-8-9-12(3)11-13)15(21)18(7-2)16(4,5)14(19)20/h8-11H,6-7H2,1-5H3,(H,19,20). The molecule has 5 heteroatoms. The molecule has 0 aliphatic rings. The molecule has 0 radical (unpaired) electrons. The lowest BCUT2D eigenvalue weighted by Crippen LogP contribution is -2.57. The minimum Gasteiger partial charge on any atom is -0.480 e. The summed E-state index contributed by atoms with van der Waals surface area (Å²) in [5.74, 6) is -1.02. The van der Waals surface area contributed by atoms with Gasteiger partial charge in [0.15, 0.2) is 0 Å². The zero-order chi connectivity index (χ0) is 16.2. The number of benzene rings is 1. The second-order valence-electron chi connectivity index (χ2n) is 5.47. The molecule has 2 amide bonds. The summed E-state index contributed by atoms with van der Waals surface area (Å²) in [5.41, 5.74) is 0.588. The Labute approximate surface area is 126 Å².